The topological polar surface area (TPSA) is 73.2 Å². The summed E-state index contributed by atoms with van der Waals surface area (Å²) in [5.41, 5.74) is 2.44. The zero-order valence-electron chi connectivity index (χ0n) is 14.7. The second-order valence-electron chi connectivity index (χ2n) is 6.20. The van der Waals surface area contributed by atoms with E-state index in [1.54, 1.807) is 30.5 Å². The summed E-state index contributed by atoms with van der Waals surface area (Å²) in [5.74, 6) is 0.782. The summed E-state index contributed by atoms with van der Waals surface area (Å²) in [6.45, 7) is 0.377. The highest BCUT2D eigenvalue weighted by atomic mass is 16.5. The lowest BCUT2D eigenvalue weighted by Gasteiger charge is -2.18. The van der Waals surface area contributed by atoms with Gasteiger partial charge in [-0.1, -0.05) is 30.3 Å². The third-order valence-corrected chi connectivity index (χ3v) is 4.41. The summed E-state index contributed by atoms with van der Waals surface area (Å²) in [6, 6.07) is 14.5. The highest BCUT2D eigenvalue weighted by Gasteiger charge is 2.26. The molecule has 0 unspecified atom stereocenters. The lowest BCUT2D eigenvalue weighted by Crippen LogP contribution is -2.36. The summed E-state index contributed by atoms with van der Waals surface area (Å²) >= 11 is 0. The minimum absolute atomic E-state index is 0.370. The maximum Gasteiger partial charge on any atom is 0.258 e. The summed E-state index contributed by atoms with van der Waals surface area (Å²) in [4.78, 5) is 28.4. The Balaban J connectivity index is 1.56. The fraction of sp³-hybridized carbons (Fsp3) is 0.0952. The number of fused-ring (bicyclic) bond motifs is 1. The van der Waals surface area contributed by atoms with Crippen LogP contribution in [0, 0.1) is 0 Å². The Morgan fingerprint density at radius 3 is 2.48 bits per heavy atom. The highest BCUT2D eigenvalue weighted by molar-refractivity contribution is 6.33. The number of carbonyl (C=O) groups excluding carboxylic acids is 2. The molecule has 1 N–H and O–H groups in total. The zero-order chi connectivity index (χ0) is 18.8. The molecule has 1 aliphatic rings. The number of nitrogens with one attached hydrogen (secondary N) is 1. The number of nitrogens with zero attached hydrogens (tertiary/aromatic N) is 2. The van der Waals surface area contributed by atoms with Crippen molar-refractivity contribution < 1.29 is 14.3 Å². The van der Waals surface area contributed by atoms with E-state index < -0.39 is 5.91 Å². The van der Waals surface area contributed by atoms with Crippen LogP contribution in [0.25, 0.3) is 11.6 Å². The first-order valence-corrected chi connectivity index (χ1v) is 8.47. The molecule has 0 bridgehead atoms. The van der Waals surface area contributed by atoms with Crippen LogP contribution < -0.4 is 10.1 Å². The number of carbonyl (C=O) groups is 2. The molecule has 0 fully saturated rings. The van der Waals surface area contributed by atoms with Gasteiger partial charge < -0.3 is 9.30 Å². The number of hydrogen-bond donors (Lipinski definition) is 1. The minimum atomic E-state index is -0.395. The van der Waals surface area contributed by atoms with Gasteiger partial charge in [-0.05, 0) is 35.4 Å². The number of ether oxygens (including phenoxy) is 1. The van der Waals surface area contributed by atoms with Crippen molar-refractivity contribution in [2.24, 2.45) is 7.05 Å². The normalized spacial score (nSPS) is 14.8. The molecule has 0 aliphatic carbocycles. The Morgan fingerprint density at radius 2 is 1.78 bits per heavy atom. The lowest BCUT2D eigenvalue weighted by atomic mass is 9.93. The van der Waals surface area contributed by atoms with Gasteiger partial charge in [0.05, 0.1) is 0 Å². The van der Waals surface area contributed by atoms with Gasteiger partial charge in [-0.2, -0.15) is 0 Å². The van der Waals surface area contributed by atoms with Crippen LogP contribution >= 0.6 is 0 Å². The fourth-order valence-corrected chi connectivity index (χ4v) is 2.93. The first kappa shape index (κ1) is 16.8. The number of imide groups is 1. The summed E-state index contributed by atoms with van der Waals surface area (Å²) in [7, 11) is 1.92. The van der Waals surface area contributed by atoms with Gasteiger partial charge in [-0.15, -0.1) is 0 Å². The van der Waals surface area contributed by atoms with Gasteiger partial charge >= 0.3 is 0 Å². The first-order chi connectivity index (χ1) is 13.1. The fourth-order valence-electron chi connectivity index (χ4n) is 2.93. The Labute approximate surface area is 156 Å². The number of rotatable bonds is 4. The van der Waals surface area contributed by atoms with E-state index in [-0.39, 0.29) is 5.91 Å². The lowest BCUT2D eigenvalue weighted by molar-refractivity contribution is -0.114. The third kappa shape index (κ3) is 3.37. The zero-order valence-corrected chi connectivity index (χ0v) is 14.7. The van der Waals surface area contributed by atoms with E-state index in [1.165, 1.54) is 0 Å². The predicted octanol–water partition coefficient (Wildman–Crippen LogP) is 2.81. The van der Waals surface area contributed by atoms with Crippen LogP contribution in [-0.4, -0.2) is 21.4 Å². The standard InChI is InChI=1S/C21H17N3O3/c1-24-11-10-22-19(24)13-27-15-8-6-14(7-9-15)12-18-16-4-2-3-5-17(16)20(25)23-21(18)26/h2-12H,13H2,1H3,(H,23,25,26)/b18-12-. The molecule has 0 spiro atoms. The number of amides is 2. The van der Waals surface area contributed by atoms with Crippen molar-refractivity contribution in [2.75, 3.05) is 0 Å². The van der Waals surface area contributed by atoms with E-state index in [2.05, 4.69) is 10.3 Å². The largest absolute Gasteiger partial charge is 0.486 e. The molecule has 134 valence electrons. The van der Waals surface area contributed by atoms with Crippen molar-refractivity contribution in [3.05, 3.63) is 83.4 Å². The maximum absolute atomic E-state index is 12.3. The van der Waals surface area contributed by atoms with Crippen molar-refractivity contribution in [1.82, 2.24) is 14.9 Å². The Bertz CT molecular complexity index is 1050. The van der Waals surface area contributed by atoms with Crippen molar-refractivity contribution in [3.8, 4) is 5.75 Å². The first-order valence-electron chi connectivity index (χ1n) is 8.47. The van der Waals surface area contributed by atoms with Crippen LogP contribution in [0.1, 0.15) is 27.3 Å². The number of aryl methyl sites for hydroxylation is 1. The number of benzene rings is 2. The molecule has 0 saturated carbocycles. The number of imidazole rings is 1. The average molecular weight is 359 g/mol. The molecule has 0 saturated heterocycles. The van der Waals surface area contributed by atoms with Crippen molar-refractivity contribution in [1.29, 1.82) is 0 Å². The minimum Gasteiger partial charge on any atom is -0.486 e. The van der Waals surface area contributed by atoms with E-state index >= 15 is 0 Å². The molecule has 1 aromatic heterocycles. The summed E-state index contributed by atoms with van der Waals surface area (Å²) < 4.78 is 7.64. The van der Waals surface area contributed by atoms with Crippen LogP contribution in [0.2, 0.25) is 0 Å². The molecule has 1 aliphatic heterocycles. The van der Waals surface area contributed by atoms with Crippen molar-refractivity contribution >= 4 is 23.5 Å². The van der Waals surface area contributed by atoms with E-state index in [9.17, 15) is 9.59 Å². The average Bonchev–Trinajstić information content (AvgIpc) is 3.09. The quantitative estimate of drug-likeness (QED) is 0.574. The van der Waals surface area contributed by atoms with Gasteiger partial charge in [0.1, 0.15) is 18.2 Å². The second-order valence-corrected chi connectivity index (χ2v) is 6.20. The molecule has 0 radical (unpaired) electrons. The van der Waals surface area contributed by atoms with Gasteiger partial charge in [0.2, 0.25) is 0 Å². The summed E-state index contributed by atoms with van der Waals surface area (Å²) in [5, 5.41) is 2.38. The van der Waals surface area contributed by atoms with Crippen molar-refractivity contribution in [3.63, 3.8) is 0 Å². The van der Waals surface area contributed by atoms with E-state index in [1.807, 2.05) is 48.1 Å². The monoisotopic (exact) mass is 359 g/mol. The van der Waals surface area contributed by atoms with Crippen LogP contribution in [0.5, 0.6) is 5.75 Å². The highest BCUT2D eigenvalue weighted by Crippen LogP contribution is 2.26. The maximum atomic E-state index is 12.3. The molecule has 2 aromatic carbocycles. The smallest absolute Gasteiger partial charge is 0.258 e. The van der Waals surface area contributed by atoms with Crippen LogP contribution in [0.3, 0.4) is 0 Å². The van der Waals surface area contributed by atoms with Gasteiger partial charge in [0, 0.05) is 30.6 Å². The number of hydrogen-bond acceptors (Lipinski definition) is 4. The van der Waals surface area contributed by atoms with Crippen LogP contribution in [-0.2, 0) is 18.4 Å². The van der Waals surface area contributed by atoms with E-state index in [0.29, 0.717) is 29.1 Å². The molecule has 4 rings (SSSR count). The van der Waals surface area contributed by atoms with Crippen LogP contribution in [0.15, 0.2) is 60.9 Å². The molecular weight excluding hydrogens is 342 g/mol. The van der Waals surface area contributed by atoms with E-state index in [0.717, 1.165) is 11.4 Å². The van der Waals surface area contributed by atoms with Gasteiger partial charge in [-0.25, -0.2) is 4.98 Å². The Kier molecular flexibility index (Phi) is 4.30. The van der Waals surface area contributed by atoms with Gasteiger partial charge in [0.15, 0.2) is 0 Å². The van der Waals surface area contributed by atoms with Crippen LogP contribution in [0.4, 0.5) is 0 Å². The molecule has 3 aromatic rings. The molecule has 2 heterocycles. The van der Waals surface area contributed by atoms with Gasteiger partial charge in [-0.3, -0.25) is 14.9 Å². The summed E-state index contributed by atoms with van der Waals surface area (Å²) in [6.07, 6.45) is 5.36. The second kappa shape index (κ2) is 6.92. The third-order valence-electron chi connectivity index (χ3n) is 4.41. The van der Waals surface area contributed by atoms with Gasteiger partial charge in [0.25, 0.3) is 11.8 Å². The Hall–Kier alpha value is -3.67. The van der Waals surface area contributed by atoms with E-state index in [4.69, 9.17) is 4.74 Å². The Morgan fingerprint density at radius 1 is 1.04 bits per heavy atom. The molecule has 27 heavy (non-hydrogen) atoms. The predicted molar refractivity (Wildman–Crippen MR) is 101 cm³/mol. The molecular formula is C21H17N3O3. The molecule has 6 heteroatoms. The molecule has 2 amide bonds. The molecule has 6 nitrogen and oxygen atoms in total. The SMILES string of the molecule is Cn1ccnc1COc1ccc(/C=C2\C(=O)NC(=O)c3ccccc32)cc1. The number of aromatic nitrogens is 2. The van der Waals surface area contributed by atoms with Crippen molar-refractivity contribution in [2.45, 2.75) is 6.61 Å². The molecule has 0 atom stereocenters.